The molecule has 0 saturated carbocycles. The van der Waals surface area contributed by atoms with Crippen molar-refractivity contribution in [2.24, 2.45) is 11.3 Å². The lowest BCUT2D eigenvalue weighted by Crippen LogP contribution is -2.38. The molecule has 1 aliphatic rings. The highest BCUT2D eigenvalue weighted by molar-refractivity contribution is 7.82. The van der Waals surface area contributed by atoms with E-state index in [2.05, 4.69) is 20.8 Å². The summed E-state index contributed by atoms with van der Waals surface area (Å²) in [5.74, 6) is 0.655. The van der Waals surface area contributed by atoms with Gasteiger partial charge in [-0.1, -0.05) is 20.8 Å². The molecule has 0 aromatic heterocycles. The molecule has 1 aromatic rings. The van der Waals surface area contributed by atoms with Crippen molar-refractivity contribution in [2.75, 3.05) is 13.1 Å². The summed E-state index contributed by atoms with van der Waals surface area (Å²) < 4.78 is 14.5. The summed E-state index contributed by atoms with van der Waals surface area (Å²) >= 11 is 0. The van der Waals surface area contributed by atoms with Crippen LogP contribution in [0.1, 0.15) is 33.6 Å². The van der Waals surface area contributed by atoms with Gasteiger partial charge in [-0.05, 0) is 36.3 Å². The Morgan fingerprint density at radius 3 is 2.14 bits per heavy atom. The fourth-order valence-corrected chi connectivity index (χ4v) is 3.93. The van der Waals surface area contributed by atoms with Crippen molar-refractivity contribution >= 4 is 16.7 Å². The molecule has 1 heterocycles. The first-order chi connectivity index (χ1) is 9.79. The molecule has 1 atom stereocenters. The second-order valence-corrected chi connectivity index (χ2v) is 8.06. The van der Waals surface area contributed by atoms with E-state index in [1.54, 1.807) is 12.1 Å². The molecule has 1 aliphatic heterocycles. The number of nitro benzene ring substituents is 1. The van der Waals surface area contributed by atoms with Crippen LogP contribution in [0.3, 0.4) is 0 Å². The van der Waals surface area contributed by atoms with Gasteiger partial charge in [-0.2, -0.15) is 0 Å². The van der Waals surface area contributed by atoms with Gasteiger partial charge < -0.3 is 0 Å². The number of benzene rings is 1. The van der Waals surface area contributed by atoms with E-state index in [1.807, 2.05) is 4.31 Å². The summed E-state index contributed by atoms with van der Waals surface area (Å²) in [5.41, 5.74) is 0.322. The lowest BCUT2D eigenvalue weighted by molar-refractivity contribution is -0.384. The van der Waals surface area contributed by atoms with Crippen molar-refractivity contribution in [2.45, 2.75) is 38.5 Å². The summed E-state index contributed by atoms with van der Waals surface area (Å²) in [7, 11) is -1.22. The number of hydrogen-bond donors (Lipinski definition) is 0. The van der Waals surface area contributed by atoms with Crippen molar-refractivity contribution in [3.8, 4) is 0 Å². The first-order valence-electron chi connectivity index (χ1n) is 7.20. The van der Waals surface area contributed by atoms with E-state index >= 15 is 0 Å². The van der Waals surface area contributed by atoms with E-state index in [4.69, 9.17) is 0 Å². The number of hydrogen-bond acceptors (Lipinski definition) is 3. The molecule has 1 aromatic carbocycles. The van der Waals surface area contributed by atoms with Gasteiger partial charge in [0.2, 0.25) is 0 Å². The predicted octanol–water partition coefficient (Wildman–Crippen LogP) is 3.38. The van der Waals surface area contributed by atoms with Crippen molar-refractivity contribution < 1.29 is 9.13 Å². The zero-order valence-corrected chi connectivity index (χ0v) is 13.6. The Hall–Kier alpha value is -1.27. The van der Waals surface area contributed by atoms with Crippen molar-refractivity contribution in [1.29, 1.82) is 0 Å². The smallest absolute Gasteiger partial charge is 0.258 e. The standard InChI is InChI=1S/C15H22N2O3S/c1-15(2,3)12-8-10-16(11-9-12)21(20)14-6-4-13(5-7-14)17(18)19/h4-7,12H,8-11H2,1-3H3. The van der Waals surface area contributed by atoms with Crippen LogP contribution in [0, 0.1) is 21.4 Å². The van der Waals surface area contributed by atoms with Crippen LogP contribution in [0.15, 0.2) is 29.2 Å². The molecule has 1 saturated heterocycles. The van der Waals surface area contributed by atoms with Gasteiger partial charge in [0.15, 0.2) is 0 Å². The number of nitrogens with zero attached hydrogens (tertiary/aromatic N) is 2. The van der Waals surface area contributed by atoms with Crippen LogP contribution < -0.4 is 0 Å². The molecule has 6 heteroatoms. The van der Waals surface area contributed by atoms with Crippen LogP contribution in [0.4, 0.5) is 5.69 Å². The molecule has 0 spiro atoms. The molecular formula is C15H22N2O3S. The molecule has 2 rings (SSSR count). The zero-order valence-electron chi connectivity index (χ0n) is 12.7. The molecule has 0 amide bonds. The number of rotatable bonds is 3. The van der Waals surface area contributed by atoms with E-state index < -0.39 is 15.9 Å². The van der Waals surface area contributed by atoms with Gasteiger partial charge in [0, 0.05) is 25.2 Å². The molecule has 0 bridgehead atoms. The maximum Gasteiger partial charge on any atom is 0.269 e. The molecular weight excluding hydrogens is 288 g/mol. The van der Waals surface area contributed by atoms with Gasteiger partial charge in [-0.25, -0.2) is 8.51 Å². The Kier molecular flexibility index (Phi) is 4.78. The van der Waals surface area contributed by atoms with E-state index in [1.165, 1.54) is 12.1 Å². The number of nitro groups is 1. The zero-order chi connectivity index (χ0) is 15.6. The largest absolute Gasteiger partial charge is 0.269 e. The SMILES string of the molecule is CC(C)(C)C1CCN(S(=O)c2ccc([N+](=O)[O-])cc2)CC1. The third kappa shape index (κ3) is 3.89. The van der Waals surface area contributed by atoms with Gasteiger partial charge in [-0.3, -0.25) is 10.1 Å². The second kappa shape index (κ2) is 6.23. The van der Waals surface area contributed by atoms with Crippen LogP contribution in [-0.2, 0) is 11.0 Å². The van der Waals surface area contributed by atoms with Crippen LogP contribution in [0.25, 0.3) is 0 Å². The molecule has 0 aliphatic carbocycles. The van der Waals surface area contributed by atoms with Crippen LogP contribution in [-0.4, -0.2) is 26.5 Å². The lowest BCUT2D eigenvalue weighted by atomic mass is 9.76. The first kappa shape index (κ1) is 16.1. The summed E-state index contributed by atoms with van der Waals surface area (Å²) in [6, 6.07) is 6.00. The number of non-ortho nitro benzene ring substituents is 1. The summed E-state index contributed by atoms with van der Waals surface area (Å²) in [4.78, 5) is 10.8. The topological polar surface area (TPSA) is 63.5 Å². The second-order valence-electron chi connectivity index (χ2n) is 6.57. The van der Waals surface area contributed by atoms with Crippen molar-refractivity contribution in [1.82, 2.24) is 4.31 Å². The molecule has 1 unspecified atom stereocenters. The Morgan fingerprint density at radius 1 is 1.19 bits per heavy atom. The van der Waals surface area contributed by atoms with Gasteiger partial charge in [-0.15, -0.1) is 0 Å². The minimum Gasteiger partial charge on any atom is -0.258 e. The molecule has 5 nitrogen and oxygen atoms in total. The Morgan fingerprint density at radius 2 is 1.71 bits per heavy atom. The fraction of sp³-hybridized carbons (Fsp3) is 0.600. The van der Waals surface area contributed by atoms with Gasteiger partial charge in [0.1, 0.15) is 11.0 Å². The fourth-order valence-electron chi connectivity index (χ4n) is 2.72. The maximum atomic E-state index is 12.5. The van der Waals surface area contributed by atoms with Gasteiger partial charge in [0.05, 0.1) is 9.82 Å². The van der Waals surface area contributed by atoms with E-state index in [9.17, 15) is 14.3 Å². The molecule has 0 N–H and O–H groups in total. The summed E-state index contributed by atoms with van der Waals surface area (Å²) in [5, 5.41) is 10.6. The highest BCUT2D eigenvalue weighted by atomic mass is 32.2. The van der Waals surface area contributed by atoms with E-state index in [-0.39, 0.29) is 5.69 Å². The van der Waals surface area contributed by atoms with Crippen molar-refractivity contribution in [3.05, 3.63) is 34.4 Å². The molecule has 116 valence electrons. The molecule has 0 radical (unpaired) electrons. The van der Waals surface area contributed by atoms with Gasteiger partial charge >= 0.3 is 0 Å². The van der Waals surface area contributed by atoms with Gasteiger partial charge in [0.25, 0.3) is 5.69 Å². The third-order valence-electron chi connectivity index (χ3n) is 4.16. The van der Waals surface area contributed by atoms with Crippen LogP contribution in [0.5, 0.6) is 0 Å². The van der Waals surface area contributed by atoms with E-state index in [0.29, 0.717) is 16.2 Å². The monoisotopic (exact) mass is 310 g/mol. The Bertz CT molecular complexity index is 529. The minimum absolute atomic E-state index is 0.0298. The average molecular weight is 310 g/mol. The first-order valence-corrected chi connectivity index (χ1v) is 8.31. The summed E-state index contributed by atoms with van der Waals surface area (Å²) in [6.07, 6.45) is 2.09. The van der Waals surface area contributed by atoms with E-state index in [0.717, 1.165) is 25.9 Å². The van der Waals surface area contributed by atoms with Crippen molar-refractivity contribution in [3.63, 3.8) is 0 Å². The Labute approximate surface area is 128 Å². The average Bonchev–Trinajstić information content (AvgIpc) is 2.46. The normalized spacial score (nSPS) is 19.4. The predicted molar refractivity (Wildman–Crippen MR) is 83.3 cm³/mol. The van der Waals surface area contributed by atoms with Crippen LogP contribution >= 0.6 is 0 Å². The highest BCUT2D eigenvalue weighted by Crippen LogP contribution is 2.35. The summed E-state index contributed by atoms with van der Waals surface area (Å²) in [6.45, 7) is 8.37. The quantitative estimate of drug-likeness (QED) is 0.635. The van der Waals surface area contributed by atoms with Crippen LogP contribution in [0.2, 0.25) is 0 Å². The lowest BCUT2D eigenvalue weighted by Gasteiger charge is -2.38. The third-order valence-corrected chi connectivity index (χ3v) is 5.67. The Balaban J connectivity index is 2.00. The highest BCUT2D eigenvalue weighted by Gasteiger charge is 2.30. The maximum absolute atomic E-state index is 12.5. The number of piperidine rings is 1. The molecule has 1 fully saturated rings. The molecule has 21 heavy (non-hydrogen) atoms. The minimum atomic E-state index is -1.22.